The van der Waals surface area contributed by atoms with Crippen LogP contribution in [0.2, 0.25) is 0 Å². The Hall–Kier alpha value is -2.38. The Bertz CT molecular complexity index is 867. The van der Waals surface area contributed by atoms with Crippen LogP contribution in [0.25, 0.3) is 0 Å². The third kappa shape index (κ3) is 5.80. The molecule has 0 bridgehead atoms. The van der Waals surface area contributed by atoms with E-state index >= 15 is 0 Å². The van der Waals surface area contributed by atoms with E-state index in [0.29, 0.717) is 0 Å². The first-order chi connectivity index (χ1) is 12.7. The van der Waals surface area contributed by atoms with Crippen molar-refractivity contribution < 1.29 is 17.9 Å². The van der Waals surface area contributed by atoms with Crippen molar-refractivity contribution in [3.63, 3.8) is 0 Å². The molecule has 0 aliphatic rings. The maximum Gasteiger partial charge on any atom is 0.243 e. The van der Waals surface area contributed by atoms with Crippen molar-refractivity contribution in [1.82, 2.24) is 9.62 Å². The molecule has 0 aliphatic heterocycles. The van der Waals surface area contributed by atoms with Crippen molar-refractivity contribution in [2.24, 2.45) is 0 Å². The number of nitrogens with zero attached hydrogens (tertiary/aromatic N) is 1. The number of hydrogen-bond donors (Lipinski definition) is 1. The molecule has 146 valence electrons. The van der Waals surface area contributed by atoms with E-state index in [9.17, 15) is 13.2 Å². The van der Waals surface area contributed by atoms with Crippen molar-refractivity contribution in [2.75, 3.05) is 13.6 Å². The van der Waals surface area contributed by atoms with E-state index < -0.39 is 10.0 Å². The summed E-state index contributed by atoms with van der Waals surface area (Å²) in [6, 6.07) is 15.3. The molecular weight excluding hydrogens is 364 g/mol. The Balaban J connectivity index is 2.01. The predicted molar refractivity (Wildman–Crippen MR) is 105 cm³/mol. The predicted octanol–water partition coefficient (Wildman–Crippen LogP) is 2.97. The summed E-state index contributed by atoms with van der Waals surface area (Å²) in [7, 11) is -2.31. The lowest BCUT2D eigenvalue weighted by molar-refractivity contribution is -0.121. The van der Waals surface area contributed by atoms with E-state index in [4.69, 9.17) is 4.74 Å². The van der Waals surface area contributed by atoms with E-state index in [1.165, 1.54) is 19.2 Å². The third-order valence-electron chi connectivity index (χ3n) is 3.93. The van der Waals surface area contributed by atoms with Crippen molar-refractivity contribution >= 4 is 15.9 Å². The minimum atomic E-state index is -3.70. The topological polar surface area (TPSA) is 75.7 Å². The molecule has 1 N–H and O–H groups in total. The molecule has 0 aliphatic carbocycles. The summed E-state index contributed by atoms with van der Waals surface area (Å²) >= 11 is 0. The summed E-state index contributed by atoms with van der Waals surface area (Å²) in [6.07, 6.45) is 0.0574. The van der Waals surface area contributed by atoms with Gasteiger partial charge in [-0.2, -0.15) is 4.31 Å². The van der Waals surface area contributed by atoms with Gasteiger partial charge in [-0.1, -0.05) is 30.3 Å². The second-order valence-electron chi connectivity index (χ2n) is 6.60. The van der Waals surface area contributed by atoms with Gasteiger partial charge in [0, 0.05) is 7.05 Å². The highest BCUT2D eigenvalue weighted by molar-refractivity contribution is 7.89. The SMILES string of the molecule is CC(C)Oc1cccc(C(C)NC(=O)CN(C)S(=O)(=O)c2ccccc2)c1. The van der Waals surface area contributed by atoms with Crippen molar-refractivity contribution in [2.45, 2.75) is 37.8 Å². The van der Waals surface area contributed by atoms with Gasteiger partial charge in [0.25, 0.3) is 0 Å². The minimum Gasteiger partial charge on any atom is -0.491 e. The first kappa shape index (κ1) is 20.9. The minimum absolute atomic E-state index is 0.0574. The maximum atomic E-state index is 12.5. The van der Waals surface area contributed by atoms with Crippen molar-refractivity contribution in [1.29, 1.82) is 0 Å². The van der Waals surface area contributed by atoms with Gasteiger partial charge in [-0.05, 0) is 50.6 Å². The molecule has 2 aromatic rings. The highest BCUT2D eigenvalue weighted by atomic mass is 32.2. The van der Waals surface area contributed by atoms with Gasteiger partial charge in [-0.3, -0.25) is 4.79 Å². The normalized spacial score (nSPS) is 12.8. The fourth-order valence-corrected chi connectivity index (χ4v) is 3.71. The molecule has 0 fully saturated rings. The summed E-state index contributed by atoms with van der Waals surface area (Å²) in [5, 5.41) is 2.83. The first-order valence-corrected chi connectivity index (χ1v) is 10.2. The number of rotatable bonds is 8. The highest BCUT2D eigenvalue weighted by Gasteiger charge is 2.23. The fourth-order valence-electron chi connectivity index (χ4n) is 2.56. The summed E-state index contributed by atoms with van der Waals surface area (Å²) in [5.41, 5.74) is 0.884. The van der Waals surface area contributed by atoms with Crippen LogP contribution in [-0.2, 0) is 14.8 Å². The monoisotopic (exact) mass is 390 g/mol. The summed E-state index contributed by atoms with van der Waals surface area (Å²) in [4.78, 5) is 12.5. The average Bonchev–Trinajstić information content (AvgIpc) is 2.62. The Labute approximate surface area is 161 Å². The Morgan fingerprint density at radius 2 is 1.74 bits per heavy atom. The van der Waals surface area contributed by atoms with Crippen LogP contribution < -0.4 is 10.1 Å². The van der Waals surface area contributed by atoms with Crippen LogP contribution in [0.15, 0.2) is 59.5 Å². The number of likely N-dealkylation sites (N-methyl/N-ethyl adjacent to an activating group) is 1. The molecule has 2 rings (SSSR count). The van der Waals surface area contributed by atoms with E-state index in [2.05, 4.69) is 5.32 Å². The summed E-state index contributed by atoms with van der Waals surface area (Å²) in [5.74, 6) is 0.354. The lowest BCUT2D eigenvalue weighted by Crippen LogP contribution is -2.39. The fraction of sp³-hybridized carbons (Fsp3) is 0.350. The molecule has 0 saturated heterocycles. The highest BCUT2D eigenvalue weighted by Crippen LogP contribution is 2.20. The van der Waals surface area contributed by atoms with Gasteiger partial charge >= 0.3 is 0 Å². The molecular formula is C20H26N2O4S. The van der Waals surface area contributed by atoms with Gasteiger partial charge in [0.2, 0.25) is 15.9 Å². The van der Waals surface area contributed by atoms with Crippen LogP contribution in [0.3, 0.4) is 0 Å². The second-order valence-corrected chi connectivity index (χ2v) is 8.65. The number of nitrogens with one attached hydrogen (secondary N) is 1. The van der Waals surface area contributed by atoms with Crippen LogP contribution in [-0.4, -0.2) is 38.3 Å². The van der Waals surface area contributed by atoms with Crippen LogP contribution in [0.5, 0.6) is 5.75 Å². The van der Waals surface area contributed by atoms with Crippen LogP contribution in [0.4, 0.5) is 0 Å². The largest absolute Gasteiger partial charge is 0.491 e. The van der Waals surface area contributed by atoms with Crippen molar-refractivity contribution in [3.8, 4) is 5.75 Å². The van der Waals surface area contributed by atoms with E-state index in [-0.39, 0.29) is 29.5 Å². The molecule has 0 radical (unpaired) electrons. The Morgan fingerprint density at radius 1 is 1.07 bits per heavy atom. The lowest BCUT2D eigenvalue weighted by atomic mass is 10.1. The molecule has 7 heteroatoms. The number of hydrogen-bond acceptors (Lipinski definition) is 4. The Morgan fingerprint density at radius 3 is 2.37 bits per heavy atom. The zero-order valence-electron chi connectivity index (χ0n) is 16.0. The molecule has 0 heterocycles. The van der Waals surface area contributed by atoms with Crippen LogP contribution >= 0.6 is 0 Å². The van der Waals surface area contributed by atoms with Crippen molar-refractivity contribution in [3.05, 3.63) is 60.2 Å². The standard InChI is InChI=1S/C20H26N2O4S/c1-15(2)26-18-10-8-9-17(13-18)16(3)21-20(23)14-22(4)27(24,25)19-11-6-5-7-12-19/h5-13,15-16H,14H2,1-4H3,(H,21,23). The number of carbonyl (C=O) groups excluding carboxylic acids is 1. The zero-order chi connectivity index (χ0) is 20.0. The number of sulfonamides is 1. The smallest absolute Gasteiger partial charge is 0.243 e. The number of carbonyl (C=O) groups is 1. The molecule has 1 atom stereocenters. The molecule has 27 heavy (non-hydrogen) atoms. The first-order valence-electron chi connectivity index (χ1n) is 8.77. The molecule has 1 amide bonds. The number of ether oxygens (including phenoxy) is 1. The van der Waals surface area contributed by atoms with E-state index in [1.54, 1.807) is 18.2 Å². The number of benzene rings is 2. The lowest BCUT2D eigenvalue weighted by Gasteiger charge is -2.20. The maximum absolute atomic E-state index is 12.5. The number of amides is 1. The van der Waals surface area contributed by atoms with Gasteiger partial charge in [-0.15, -0.1) is 0 Å². The summed E-state index contributed by atoms with van der Waals surface area (Å²) in [6.45, 7) is 5.48. The molecule has 2 aromatic carbocycles. The van der Waals surface area contributed by atoms with Gasteiger partial charge < -0.3 is 10.1 Å². The third-order valence-corrected chi connectivity index (χ3v) is 5.74. The molecule has 1 unspecified atom stereocenters. The van der Waals surface area contributed by atoms with E-state index in [1.807, 2.05) is 45.0 Å². The quantitative estimate of drug-likeness (QED) is 0.752. The molecule has 0 spiro atoms. The van der Waals surface area contributed by atoms with E-state index in [0.717, 1.165) is 15.6 Å². The molecule has 6 nitrogen and oxygen atoms in total. The van der Waals surface area contributed by atoms with Gasteiger partial charge in [-0.25, -0.2) is 8.42 Å². The van der Waals surface area contributed by atoms with Gasteiger partial charge in [0.1, 0.15) is 5.75 Å². The summed E-state index contributed by atoms with van der Waals surface area (Å²) < 4.78 is 31.7. The van der Waals surface area contributed by atoms with Crippen LogP contribution in [0, 0.1) is 0 Å². The van der Waals surface area contributed by atoms with Crippen LogP contribution in [0.1, 0.15) is 32.4 Å². The average molecular weight is 391 g/mol. The van der Waals surface area contributed by atoms with Gasteiger partial charge in [0.05, 0.1) is 23.6 Å². The van der Waals surface area contributed by atoms with Gasteiger partial charge in [0.15, 0.2) is 0 Å². The Kier molecular flexibility index (Phi) is 6.98. The zero-order valence-corrected chi connectivity index (χ0v) is 16.9. The second kappa shape index (κ2) is 9.01. The molecule has 0 saturated carbocycles. The molecule has 0 aromatic heterocycles.